The number of hydrogen-bond acceptors (Lipinski definition) is 4. The number of pyridine rings is 1. The average molecular weight is 355 g/mol. The quantitative estimate of drug-likeness (QED) is 0.758. The van der Waals surface area contributed by atoms with Gasteiger partial charge in [-0.1, -0.05) is 12.1 Å². The summed E-state index contributed by atoms with van der Waals surface area (Å²) in [6.45, 7) is 4.16. The van der Waals surface area contributed by atoms with E-state index in [2.05, 4.69) is 10.5 Å². The molecule has 1 aromatic carbocycles. The minimum Gasteiger partial charge on any atom is -0.360 e. The zero-order chi connectivity index (χ0) is 18.7. The maximum absolute atomic E-state index is 13.1. The van der Waals surface area contributed by atoms with Crippen molar-refractivity contribution in [1.29, 1.82) is 0 Å². The summed E-state index contributed by atoms with van der Waals surface area (Å²) in [5.41, 5.74) is 1.54. The van der Waals surface area contributed by atoms with E-state index in [0.29, 0.717) is 29.2 Å². The molecule has 2 heterocycles. The lowest BCUT2D eigenvalue weighted by molar-refractivity contribution is 0.102. The Kier molecular flexibility index (Phi) is 4.97. The third-order valence-corrected chi connectivity index (χ3v) is 3.91. The second-order valence-electron chi connectivity index (χ2n) is 5.87. The predicted octanol–water partition coefficient (Wildman–Crippen LogP) is 3.61. The van der Waals surface area contributed by atoms with Gasteiger partial charge in [0.15, 0.2) is 0 Å². The monoisotopic (exact) mass is 355 g/mol. The van der Waals surface area contributed by atoms with Gasteiger partial charge in [-0.15, -0.1) is 0 Å². The van der Waals surface area contributed by atoms with E-state index in [9.17, 15) is 14.0 Å². The number of carbonyl (C=O) groups is 1. The first-order valence-electron chi connectivity index (χ1n) is 8.23. The van der Waals surface area contributed by atoms with Gasteiger partial charge in [-0.3, -0.25) is 9.59 Å². The Morgan fingerprint density at radius 3 is 2.65 bits per heavy atom. The van der Waals surface area contributed by atoms with E-state index in [1.807, 2.05) is 6.92 Å². The lowest BCUT2D eigenvalue weighted by Crippen LogP contribution is -2.20. The van der Waals surface area contributed by atoms with E-state index in [-0.39, 0.29) is 16.9 Å². The summed E-state index contributed by atoms with van der Waals surface area (Å²) in [5, 5.41) is 6.69. The minimum absolute atomic E-state index is 0.127. The van der Waals surface area contributed by atoms with E-state index < -0.39 is 5.91 Å². The fourth-order valence-corrected chi connectivity index (χ4v) is 2.66. The molecule has 0 radical (unpaired) electrons. The normalized spacial score (nSPS) is 10.7. The topological polar surface area (TPSA) is 77.1 Å². The van der Waals surface area contributed by atoms with Crippen LogP contribution >= 0.6 is 0 Å². The molecule has 6 nitrogen and oxygen atoms in total. The summed E-state index contributed by atoms with van der Waals surface area (Å²) < 4.78 is 19.8. The molecule has 0 aliphatic rings. The maximum Gasteiger partial charge on any atom is 0.261 e. The van der Waals surface area contributed by atoms with Crippen LogP contribution in [0.4, 0.5) is 10.1 Å². The molecule has 3 aromatic rings. The van der Waals surface area contributed by atoms with Crippen LogP contribution in [0.1, 0.15) is 29.5 Å². The number of nitrogens with zero attached hydrogens (tertiary/aromatic N) is 2. The van der Waals surface area contributed by atoms with Crippen molar-refractivity contribution in [3.63, 3.8) is 0 Å². The van der Waals surface area contributed by atoms with E-state index in [1.165, 1.54) is 34.9 Å². The third kappa shape index (κ3) is 3.56. The molecule has 7 heteroatoms. The number of hydrogen-bond donors (Lipinski definition) is 1. The summed E-state index contributed by atoms with van der Waals surface area (Å²) in [7, 11) is 0. The molecular weight excluding hydrogens is 337 g/mol. The molecule has 0 saturated carbocycles. The lowest BCUT2D eigenvalue weighted by Gasteiger charge is -2.09. The summed E-state index contributed by atoms with van der Waals surface area (Å²) in [5.74, 6) is -0.438. The SMILES string of the molecule is CCCn1cc(NC(=O)c2c(-c3ccc(F)cc3)noc2C)ccc1=O. The number of aromatic nitrogens is 2. The van der Waals surface area contributed by atoms with Crippen molar-refractivity contribution >= 4 is 11.6 Å². The molecule has 0 saturated heterocycles. The van der Waals surface area contributed by atoms with Crippen molar-refractivity contribution in [3.05, 3.63) is 70.1 Å². The van der Waals surface area contributed by atoms with E-state index >= 15 is 0 Å². The van der Waals surface area contributed by atoms with Crippen molar-refractivity contribution in [2.45, 2.75) is 26.8 Å². The van der Waals surface area contributed by atoms with Gasteiger partial charge in [-0.05, 0) is 43.7 Å². The molecule has 2 aromatic heterocycles. The Bertz CT molecular complexity index is 990. The zero-order valence-electron chi connectivity index (χ0n) is 14.5. The summed E-state index contributed by atoms with van der Waals surface area (Å²) in [6, 6.07) is 8.61. The molecule has 1 amide bonds. The Labute approximate surface area is 149 Å². The molecule has 0 unspecified atom stereocenters. The van der Waals surface area contributed by atoms with Crippen LogP contribution in [0, 0.1) is 12.7 Å². The molecule has 1 N–H and O–H groups in total. The van der Waals surface area contributed by atoms with Crippen LogP contribution in [-0.4, -0.2) is 15.6 Å². The maximum atomic E-state index is 13.1. The van der Waals surface area contributed by atoms with Gasteiger partial charge in [0.25, 0.3) is 11.5 Å². The van der Waals surface area contributed by atoms with Crippen LogP contribution in [0.2, 0.25) is 0 Å². The Hall–Kier alpha value is -3.22. The third-order valence-electron chi connectivity index (χ3n) is 3.91. The molecule has 3 rings (SSSR count). The summed E-state index contributed by atoms with van der Waals surface area (Å²) in [6.07, 6.45) is 2.40. The number of aryl methyl sites for hydroxylation is 2. The van der Waals surface area contributed by atoms with Gasteiger partial charge in [0, 0.05) is 24.4 Å². The number of anilines is 1. The van der Waals surface area contributed by atoms with Crippen LogP contribution < -0.4 is 10.9 Å². The Balaban J connectivity index is 1.91. The number of carbonyl (C=O) groups excluding carboxylic acids is 1. The van der Waals surface area contributed by atoms with Crippen LogP contribution in [0.3, 0.4) is 0 Å². The van der Waals surface area contributed by atoms with E-state index in [4.69, 9.17) is 4.52 Å². The number of rotatable bonds is 5. The molecule has 0 bridgehead atoms. The molecule has 0 aliphatic carbocycles. The molecule has 26 heavy (non-hydrogen) atoms. The molecule has 0 fully saturated rings. The van der Waals surface area contributed by atoms with Crippen molar-refractivity contribution in [2.75, 3.05) is 5.32 Å². The fourth-order valence-electron chi connectivity index (χ4n) is 2.66. The van der Waals surface area contributed by atoms with Crippen molar-refractivity contribution in [2.24, 2.45) is 0 Å². The van der Waals surface area contributed by atoms with Gasteiger partial charge < -0.3 is 14.4 Å². The second kappa shape index (κ2) is 7.35. The Morgan fingerprint density at radius 2 is 1.96 bits per heavy atom. The highest BCUT2D eigenvalue weighted by Gasteiger charge is 2.22. The van der Waals surface area contributed by atoms with Gasteiger partial charge in [0.2, 0.25) is 0 Å². The first kappa shape index (κ1) is 17.6. The van der Waals surface area contributed by atoms with Crippen molar-refractivity contribution < 1.29 is 13.7 Å². The largest absolute Gasteiger partial charge is 0.360 e. The van der Waals surface area contributed by atoms with Gasteiger partial charge in [0.05, 0.1) is 5.69 Å². The Morgan fingerprint density at radius 1 is 1.23 bits per heavy atom. The number of benzene rings is 1. The smallest absolute Gasteiger partial charge is 0.261 e. The van der Waals surface area contributed by atoms with Crippen LogP contribution in [0.15, 0.2) is 51.9 Å². The highest BCUT2D eigenvalue weighted by Crippen LogP contribution is 2.26. The van der Waals surface area contributed by atoms with Crippen LogP contribution in [0.25, 0.3) is 11.3 Å². The van der Waals surface area contributed by atoms with Crippen molar-refractivity contribution in [1.82, 2.24) is 9.72 Å². The fraction of sp³-hybridized carbons (Fsp3) is 0.211. The number of amides is 1. The van der Waals surface area contributed by atoms with Gasteiger partial charge in [-0.25, -0.2) is 4.39 Å². The van der Waals surface area contributed by atoms with E-state index in [1.54, 1.807) is 19.2 Å². The standard InChI is InChI=1S/C19H18FN3O3/c1-3-10-23-11-15(8-9-16(23)24)21-19(25)17-12(2)26-22-18(17)13-4-6-14(20)7-5-13/h4-9,11H,3,10H2,1-2H3,(H,21,25). The number of nitrogens with one attached hydrogen (secondary N) is 1. The highest BCUT2D eigenvalue weighted by atomic mass is 19.1. The highest BCUT2D eigenvalue weighted by molar-refractivity contribution is 6.08. The molecule has 0 aliphatic heterocycles. The minimum atomic E-state index is -0.412. The van der Waals surface area contributed by atoms with Crippen LogP contribution in [0.5, 0.6) is 0 Å². The first-order chi connectivity index (χ1) is 12.5. The zero-order valence-corrected chi connectivity index (χ0v) is 14.5. The number of halogens is 1. The van der Waals surface area contributed by atoms with Crippen molar-refractivity contribution in [3.8, 4) is 11.3 Å². The predicted molar refractivity (Wildman–Crippen MR) is 95.6 cm³/mol. The average Bonchev–Trinajstić information content (AvgIpc) is 3.00. The first-order valence-corrected chi connectivity index (χ1v) is 8.23. The van der Waals surface area contributed by atoms with Gasteiger partial charge in [-0.2, -0.15) is 0 Å². The second-order valence-corrected chi connectivity index (χ2v) is 5.87. The molecule has 0 spiro atoms. The lowest BCUT2D eigenvalue weighted by atomic mass is 10.1. The van der Waals surface area contributed by atoms with Gasteiger partial charge in [0.1, 0.15) is 22.8 Å². The van der Waals surface area contributed by atoms with Gasteiger partial charge >= 0.3 is 0 Å². The molecular formula is C19H18FN3O3. The molecule has 134 valence electrons. The van der Waals surface area contributed by atoms with Crippen LogP contribution in [-0.2, 0) is 6.54 Å². The summed E-state index contributed by atoms with van der Waals surface area (Å²) in [4.78, 5) is 24.5. The van der Waals surface area contributed by atoms with E-state index in [0.717, 1.165) is 6.42 Å². The molecule has 0 atom stereocenters. The summed E-state index contributed by atoms with van der Waals surface area (Å²) >= 11 is 0.